The van der Waals surface area contributed by atoms with E-state index in [4.69, 9.17) is 15.9 Å². The third-order valence-electron chi connectivity index (χ3n) is 2.87. The number of aliphatic hydroxyl groups excluding tert-OH is 1. The second-order valence-electron chi connectivity index (χ2n) is 4.11. The van der Waals surface area contributed by atoms with Crippen LogP contribution in [0.25, 0.3) is 0 Å². The lowest BCUT2D eigenvalue weighted by Gasteiger charge is -2.17. The molecule has 1 rings (SSSR count). The van der Waals surface area contributed by atoms with E-state index in [9.17, 15) is 5.11 Å². The standard InChI is InChI=1S/C15H21NO3.ClH/c1-4-9-19-15-12(7-6-8-14(15)18-3)10-16-13(5-2)11-17;/h1,6-8,13,16-17H,5,9-11H2,2-3H3;1H. The normalized spacial score (nSPS) is 11.1. The van der Waals surface area contributed by atoms with Crippen molar-refractivity contribution in [2.45, 2.75) is 25.9 Å². The van der Waals surface area contributed by atoms with E-state index in [1.54, 1.807) is 7.11 Å². The Morgan fingerprint density at radius 2 is 2.20 bits per heavy atom. The summed E-state index contributed by atoms with van der Waals surface area (Å²) < 4.78 is 10.8. The van der Waals surface area contributed by atoms with Gasteiger partial charge in [0.15, 0.2) is 11.5 Å². The summed E-state index contributed by atoms with van der Waals surface area (Å²) in [7, 11) is 1.60. The van der Waals surface area contributed by atoms with Gasteiger partial charge < -0.3 is 19.9 Å². The topological polar surface area (TPSA) is 50.7 Å². The molecule has 0 spiro atoms. The van der Waals surface area contributed by atoms with Crippen LogP contribution in [0.2, 0.25) is 0 Å². The Hall–Kier alpha value is -1.41. The molecule has 1 atom stereocenters. The van der Waals surface area contributed by atoms with Gasteiger partial charge in [0.05, 0.1) is 13.7 Å². The van der Waals surface area contributed by atoms with Crippen molar-refractivity contribution < 1.29 is 14.6 Å². The lowest BCUT2D eigenvalue weighted by molar-refractivity contribution is 0.237. The van der Waals surface area contributed by atoms with E-state index in [1.807, 2.05) is 25.1 Å². The Balaban J connectivity index is 0.00000361. The summed E-state index contributed by atoms with van der Waals surface area (Å²) in [5.41, 5.74) is 0.960. The summed E-state index contributed by atoms with van der Waals surface area (Å²) in [4.78, 5) is 0. The van der Waals surface area contributed by atoms with E-state index < -0.39 is 0 Å². The van der Waals surface area contributed by atoms with E-state index in [-0.39, 0.29) is 31.7 Å². The molecule has 0 saturated carbocycles. The van der Waals surface area contributed by atoms with Crippen LogP contribution in [0.1, 0.15) is 18.9 Å². The Morgan fingerprint density at radius 1 is 1.45 bits per heavy atom. The first-order chi connectivity index (χ1) is 9.26. The first-order valence-electron chi connectivity index (χ1n) is 6.33. The van der Waals surface area contributed by atoms with Gasteiger partial charge in [-0.15, -0.1) is 18.8 Å². The number of methoxy groups -OCH3 is 1. The molecular formula is C15H22ClNO3. The molecule has 0 aliphatic heterocycles. The summed E-state index contributed by atoms with van der Waals surface area (Å²) in [5.74, 6) is 3.76. The molecule has 1 aromatic rings. The Morgan fingerprint density at radius 3 is 2.75 bits per heavy atom. The van der Waals surface area contributed by atoms with Crippen molar-refractivity contribution in [3.63, 3.8) is 0 Å². The van der Waals surface area contributed by atoms with Crippen LogP contribution in [-0.2, 0) is 6.54 Å². The monoisotopic (exact) mass is 299 g/mol. The molecule has 0 amide bonds. The van der Waals surface area contributed by atoms with Gasteiger partial charge in [-0.05, 0) is 12.5 Å². The fourth-order valence-corrected chi connectivity index (χ4v) is 1.73. The van der Waals surface area contributed by atoms with Crippen molar-refractivity contribution >= 4 is 12.4 Å². The molecule has 0 aliphatic carbocycles. The van der Waals surface area contributed by atoms with Crippen LogP contribution < -0.4 is 14.8 Å². The second-order valence-corrected chi connectivity index (χ2v) is 4.11. The number of hydrogen-bond donors (Lipinski definition) is 2. The first-order valence-corrected chi connectivity index (χ1v) is 6.33. The highest BCUT2D eigenvalue weighted by Gasteiger charge is 2.11. The number of nitrogens with one attached hydrogen (secondary N) is 1. The molecule has 0 heterocycles. The van der Waals surface area contributed by atoms with Crippen molar-refractivity contribution in [1.29, 1.82) is 0 Å². The minimum atomic E-state index is 0. The van der Waals surface area contributed by atoms with E-state index in [0.717, 1.165) is 12.0 Å². The van der Waals surface area contributed by atoms with Crippen molar-refractivity contribution in [1.82, 2.24) is 5.32 Å². The first kappa shape index (κ1) is 18.6. The zero-order chi connectivity index (χ0) is 14.1. The zero-order valence-corrected chi connectivity index (χ0v) is 12.7. The molecule has 1 aromatic carbocycles. The molecule has 112 valence electrons. The highest BCUT2D eigenvalue weighted by molar-refractivity contribution is 5.85. The van der Waals surface area contributed by atoms with Crippen LogP contribution in [0.3, 0.4) is 0 Å². The Labute approximate surface area is 126 Å². The van der Waals surface area contributed by atoms with E-state index in [1.165, 1.54) is 0 Å². The predicted molar refractivity (Wildman–Crippen MR) is 82.6 cm³/mol. The van der Waals surface area contributed by atoms with Gasteiger partial charge in [0, 0.05) is 18.2 Å². The van der Waals surface area contributed by atoms with E-state index in [0.29, 0.717) is 18.0 Å². The van der Waals surface area contributed by atoms with Crippen LogP contribution in [0.4, 0.5) is 0 Å². The van der Waals surface area contributed by atoms with E-state index in [2.05, 4.69) is 11.2 Å². The van der Waals surface area contributed by atoms with Gasteiger partial charge in [-0.3, -0.25) is 0 Å². The predicted octanol–water partition coefficient (Wildman–Crippen LogP) is 1.99. The molecule has 4 nitrogen and oxygen atoms in total. The van der Waals surface area contributed by atoms with Gasteiger partial charge in [-0.25, -0.2) is 0 Å². The number of benzene rings is 1. The molecule has 0 fully saturated rings. The fraction of sp³-hybridized carbons (Fsp3) is 0.467. The van der Waals surface area contributed by atoms with Crippen LogP contribution in [-0.4, -0.2) is 31.5 Å². The molecule has 1 unspecified atom stereocenters. The number of ether oxygens (including phenoxy) is 2. The third kappa shape index (κ3) is 5.30. The molecule has 0 aliphatic rings. The molecule has 0 saturated heterocycles. The molecule has 0 radical (unpaired) electrons. The van der Waals surface area contributed by atoms with Crippen LogP contribution in [0.15, 0.2) is 18.2 Å². The lowest BCUT2D eigenvalue weighted by Crippen LogP contribution is -2.31. The Kier molecular flexibility index (Phi) is 9.65. The summed E-state index contributed by atoms with van der Waals surface area (Å²) in [6, 6.07) is 5.76. The summed E-state index contributed by atoms with van der Waals surface area (Å²) in [5, 5.41) is 12.4. The number of rotatable bonds is 8. The zero-order valence-electron chi connectivity index (χ0n) is 11.9. The lowest BCUT2D eigenvalue weighted by atomic mass is 10.1. The quantitative estimate of drug-likeness (QED) is 0.721. The summed E-state index contributed by atoms with van der Waals surface area (Å²) in [6.07, 6.45) is 6.08. The van der Waals surface area contributed by atoms with Crippen LogP contribution in [0, 0.1) is 12.3 Å². The van der Waals surface area contributed by atoms with Gasteiger partial charge in [0.1, 0.15) is 6.61 Å². The number of hydrogen-bond acceptors (Lipinski definition) is 4. The molecular weight excluding hydrogens is 278 g/mol. The Bertz CT molecular complexity index is 428. The van der Waals surface area contributed by atoms with Gasteiger partial charge in [-0.1, -0.05) is 25.0 Å². The van der Waals surface area contributed by atoms with E-state index >= 15 is 0 Å². The van der Waals surface area contributed by atoms with Crippen molar-refractivity contribution in [2.24, 2.45) is 0 Å². The van der Waals surface area contributed by atoms with Gasteiger partial charge in [-0.2, -0.15) is 0 Å². The maximum Gasteiger partial charge on any atom is 0.167 e. The second kappa shape index (κ2) is 10.4. The number of para-hydroxylation sites is 1. The number of aliphatic hydroxyl groups is 1. The molecule has 20 heavy (non-hydrogen) atoms. The van der Waals surface area contributed by atoms with Crippen LogP contribution >= 0.6 is 12.4 Å². The molecule has 0 bridgehead atoms. The summed E-state index contributed by atoms with van der Waals surface area (Å²) >= 11 is 0. The average molecular weight is 300 g/mol. The van der Waals surface area contributed by atoms with Crippen molar-refractivity contribution in [2.75, 3.05) is 20.3 Å². The van der Waals surface area contributed by atoms with Gasteiger partial charge in [0.25, 0.3) is 0 Å². The highest BCUT2D eigenvalue weighted by atomic mass is 35.5. The molecule has 5 heteroatoms. The largest absolute Gasteiger partial charge is 0.493 e. The van der Waals surface area contributed by atoms with Gasteiger partial charge >= 0.3 is 0 Å². The van der Waals surface area contributed by atoms with Gasteiger partial charge in [0.2, 0.25) is 0 Å². The maximum atomic E-state index is 9.17. The number of halogens is 1. The minimum Gasteiger partial charge on any atom is -0.493 e. The maximum absolute atomic E-state index is 9.17. The fourth-order valence-electron chi connectivity index (χ4n) is 1.73. The molecule has 0 aromatic heterocycles. The average Bonchev–Trinajstić information content (AvgIpc) is 2.46. The highest BCUT2D eigenvalue weighted by Crippen LogP contribution is 2.31. The smallest absolute Gasteiger partial charge is 0.167 e. The summed E-state index contributed by atoms with van der Waals surface area (Å²) in [6.45, 7) is 2.93. The van der Waals surface area contributed by atoms with Crippen molar-refractivity contribution in [3.05, 3.63) is 23.8 Å². The third-order valence-corrected chi connectivity index (χ3v) is 2.87. The number of terminal acetylenes is 1. The molecule has 2 N–H and O–H groups in total. The SMILES string of the molecule is C#CCOc1c(CNC(CC)CO)cccc1OC.Cl. The van der Waals surface area contributed by atoms with Crippen LogP contribution in [0.5, 0.6) is 11.5 Å². The minimum absolute atomic E-state index is 0. The van der Waals surface area contributed by atoms with Crippen molar-refractivity contribution in [3.8, 4) is 23.8 Å².